The Kier molecular flexibility index (Phi) is 7.82. The molecule has 134 valence electrons. The van der Waals surface area contributed by atoms with Crippen LogP contribution >= 0.6 is 23.2 Å². The van der Waals surface area contributed by atoms with E-state index in [1.54, 1.807) is 23.1 Å². The molecule has 1 amide bonds. The summed E-state index contributed by atoms with van der Waals surface area (Å²) in [5.41, 5.74) is 0.578. The number of carbonyl (C=O) groups is 1. The number of hydrogen-bond donors (Lipinski definition) is 0. The summed E-state index contributed by atoms with van der Waals surface area (Å²) in [6.45, 7) is 6.45. The van der Waals surface area contributed by atoms with Gasteiger partial charge in [-0.25, -0.2) is 0 Å². The van der Waals surface area contributed by atoms with Crippen molar-refractivity contribution in [3.05, 3.63) is 33.8 Å². The van der Waals surface area contributed by atoms with Crippen LogP contribution in [0.5, 0.6) is 0 Å². The second-order valence-electron chi connectivity index (χ2n) is 6.56. The zero-order valence-corrected chi connectivity index (χ0v) is 16.1. The molecular weight excluding hydrogens is 345 g/mol. The zero-order valence-electron chi connectivity index (χ0n) is 14.6. The van der Waals surface area contributed by atoms with Crippen molar-refractivity contribution in [3.8, 4) is 0 Å². The number of likely N-dealkylation sites (tertiary alicyclic amines) is 1. The lowest BCUT2D eigenvalue weighted by Crippen LogP contribution is -2.34. The summed E-state index contributed by atoms with van der Waals surface area (Å²) in [7, 11) is 3.98. The standard InChI is InChI=1S/C18H27Cl2N3O/c1-21(12-13-23-10-3-4-11-23)8-5-9-22(2)18(24)15-6-7-16(19)17(20)14-15/h6-7,14H,3-5,8-13H2,1-2H3. The van der Waals surface area contributed by atoms with Crippen LogP contribution in [-0.4, -0.2) is 74.0 Å². The third kappa shape index (κ3) is 5.92. The van der Waals surface area contributed by atoms with Gasteiger partial charge in [-0.2, -0.15) is 0 Å². The molecular formula is C18H27Cl2N3O. The van der Waals surface area contributed by atoms with Crippen LogP contribution in [0.25, 0.3) is 0 Å². The first-order chi connectivity index (χ1) is 11.5. The third-order valence-electron chi connectivity index (χ3n) is 4.54. The highest BCUT2D eigenvalue weighted by atomic mass is 35.5. The quantitative estimate of drug-likeness (QED) is 0.699. The molecule has 1 heterocycles. The van der Waals surface area contributed by atoms with Crippen LogP contribution < -0.4 is 0 Å². The largest absolute Gasteiger partial charge is 0.342 e. The van der Waals surface area contributed by atoms with Crippen LogP contribution in [0.3, 0.4) is 0 Å². The van der Waals surface area contributed by atoms with Crippen molar-refractivity contribution in [3.63, 3.8) is 0 Å². The molecule has 24 heavy (non-hydrogen) atoms. The maximum atomic E-state index is 12.4. The molecule has 1 saturated heterocycles. The van der Waals surface area contributed by atoms with Gasteiger partial charge in [-0.05, 0) is 64.1 Å². The molecule has 0 aliphatic carbocycles. The van der Waals surface area contributed by atoms with E-state index in [-0.39, 0.29) is 5.91 Å². The number of hydrogen-bond acceptors (Lipinski definition) is 3. The predicted molar refractivity (Wildman–Crippen MR) is 101 cm³/mol. The van der Waals surface area contributed by atoms with Gasteiger partial charge in [0.2, 0.25) is 0 Å². The Balaban J connectivity index is 1.68. The Bertz CT molecular complexity index is 547. The Morgan fingerprint density at radius 3 is 2.46 bits per heavy atom. The van der Waals surface area contributed by atoms with Gasteiger partial charge in [0, 0.05) is 32.2 Å². The molecule has 2 rings (SSSR count). The van der Waals surface area contributed by atoms with E-state index in [9.17, 15) is 4.79 Å². The van der Waals surface area contributed by atoms with Crippen molar-refractivity contribution in [2.75, 3.05) is 53.4 Å². The van der Waals surface area contributed by atoms with Crippen LogP contribution in [-0.2, 0) is 0 Å². The van der Waals surface area contributed by atoms with Gasteiger partial charge in [-0.3, -0.25) is 4.79 Å². The van der Waals surface area contributed by atoms with Gasteiger partial charge < -0.3 is 14.7 Å². The highest BCUT2D eigenvalue weighted by molar-refractivity contribution is 6.42. The minimum atomic E-state index is -0.0201. The van der Waals surface area contributed by atoms with E-state index in [0.717, 1.165) is 32.6 Å². The number of nitrogens with zero attached hydrogens (tertiary/aromatic N) is 3. The molecule has 0 aromatic heterocycles. The Morgan fingerprint density at radius 2 is 1.79 bits per heavy atom. The molecule has 4 nitrogen and oxygen atoms in total. The molecule has 0 spiro atoms. The van der Waals surface area contributed by atoms with E-state index in [4.69, 9.17) is 23.2 Å². The predicted octanol–water partition coefficient (Wildman–Crippen LogP) is 3.48. The van der Waals surface area contributed by atoms with Crippen LogP contribution in [0.1, 0.15) is 29.6 Å². The van der Waals surface area contributed by atoms with Crippen molar-refractivity contribution in [2.45, 2.75) is 19.3 Å². The first kappa shape index (κ1) is 19.5. The average molecular weight is 372 g/mol. The molecule has 1 fully saturated rings. The average Bonchev–Trinajstić information content (AvgIpc) is 3.08. The number of likely N-dealkylation sites (N-methyl/N-ethyl adjacent to an activating group) is 1. The van der Waals surface area contributed by atoms with E-state index in [1.165, 1.54) is 25.9 Å². The minimum Gasteiger partial charge on any atom is -0.342 e. The van der Waals surface area contributed by atoms with Crippen molar-refractivity contribution in [2.24, 2.45) is 0 Å². The van der Waals surface area contributed by atoms with Crippen molar-refractivity contribution < 1.29 is 4.79 Å². The van der Waals surface area contributed by atoms with Gasteiger partial charge in [-0.15, -0.1) is 0 Å². The second kappa shape index (κ2) is 9.62. The van der Waals surface area contributed by atoms with Gasteiger partial charge in [0.25, 0.3) is 5.91 Å². The Hall–Kier alpha value is -0.810. The van der Waals surface area contributed by atoms with E-state index in [1.807, 2.05) is 7.05 Å². The molecule has 1 aromatic carbocycles. The van der Waals surface area contributed by atoms with Gasteiger partial charge in [0.1, 0.15) is 0 Å². The SMILES string of the molecule is CN(CCCN(C)C(=O)c1ccc(Cl)c(Cl)c1)CCN1CCCC1. The second-order valence-corrected chi connectivity index (χ2v) is 7.38. The van der Waals surface area contributed by atoms with E-state index in [2.05, 4.69) is 16.8 Å². The van der Waals surface area contributed by atoms with Crippen LogP contribution in [0.4, 0.5) is 0 Å². The molecule has 1 aromatic rings. The summed E-state index contributed by atoms with van der Waals surface area (Å²) in [4.78, 5) is 19.0. The zero-order chi connectivity index (χ0) is 17.5. The first-order valence-corrected chi connectivity index (χ1v) is 9.34. The lowest BCUT2D eigenvalue weighted by molar-refractivity contribution is 0.0789. The lowest BCUT2D eigenvalue weighted by atomic mass is 10.2. The summed E-state index contributed by atoms with van der Waals surface area (Å²) in [6.07, 6.45) is 3.64. The van der Waals surface area contributed by atoms with Crippen LogP contribution in [0, 0.1) is 0 Å². The Morgan fingerprint density at radius 1 is 1.08 bits per heavy atom. The van der Waals surface area contributed by atoms with Crippen LogP contribution in [0.15, 0.2) is 18.2 Å². The van der Waals surface area contributed by atoms with Gasteiger partial charge in [0.05, 0.1) is 10.0 Å². The summed E-state index contributed by atoms with van der Waals surface area (Å²) >= 11 is 11.9. The molecule has 6 heteroatoms. The molecule has 1 aliphatic heterocycles. The first-order valence-electron chi connectivity index (χ1n) is 8.59. The maximum absolute atomic E-state index is 12.4. The highest BCUT2D eigenvalue weighted by Crippen LogP contribution is 2.23. The molecule has 0 N–H and O–H groups in total. The number of amides is 1. The smallest absolute Gasteiger partial charge is 0.253 e. The van der Waals surface area contributed by atoms with Gasteiger partial charge in [-0.1, -0.05) is 23.2 Å². The lowest BCUT2D eigenvalue weighted by Gasteiger charge is -2.23. The fourth-order valence-electron chi connectivity index (χ4n) is 2.96. The monoisotopic (exact) mass is 371 g/mol. The van der Waals surface area contributed by atoms with Crippen molar-refractivity contribution in [1.82, 2.24) is 14.7 Å². The summed E-state index contributed by atoms with van der Waals surface area (Å²) in [5, 5.41) is 0.882. The topological polar surface area (TPSA) is 26.8 Å². The number of carbonyl (C=O) groups excluding carboxylic acids is 1. The van der Waals surface area contributed by atoms with Gasteiger partial charge in [0.15, 0.2) is 0 Å². The molecule has 0 unspecified atom stereocenters. The number of benzene rings is 1. The third-order valence-corrected chi connectivity index (χ3v) is 5.28. The minimum absolute atomic E-state index is 0.0201. The maximum Gasteiger partial charge on any atom is 0.253 e. The summed E-state index contributed by atoms with van der Waals surface area (Å²) in [5.74, 6) is -0.0201. The fraction of sp³-hybridized carbons (Fsp3) is 0.611. The molecule has 0 atom stereocenters. The summed E-state index contributed by atoms with van der Waals surface area (Å²) in [6, 6.07) is 5.01. The van der Waals surface area contributed by atoms with E-state index < -0.39 is 0 Å². The molecule has 0 saturated carbocycles. The number of halogens is 2. The molecule has 1 aliphatic rings. The molecule has 0 radical (unpaired) electrons. The highest BCUT2D eigenvalue weighted by Gasteiger charge is 2.14. The van der Waals surface area contributed by atoms with Crippen molar-refractivity contribution >= 4 is 29.1 Å². The Labute approximate surface area is 155 Å². The van der Waals surface area contributed by atoms with E-state index >= 15 is 0 Å². The van der Waals surface area contributed by atoms with Crippen LogP contribution in [0.2, 0.25) is 10.0 Å². The molecule has 0 bridgehead atoms. The summed E-state index contributed by atoms with van der Waals surface area (Å²) < 4.78 is 0. The van der Waals surface area contributed by atoms with Crippen molar-refractivity contribution in [1.29, 1.82) is 0 Å². The van der Waals surface area contributed by atoms with E-state index in [0.29, 0.717) is 15.6 Å². The normalized spacial score (nSPS) is 15.2. The number of rotatable bonds is 8. The van der Waals surface area contributed by atoms with Gasteiger partial charge >= 0.3 is 0 Å². The fourth-order valence-corrected chi connectivity index (χ4v) is 3.26.